The molecule has 1 unspecified atom stereocenters. The van der Waals surface area contributed by atoms with Crippen molar-refractivity contribution in [3.05, 3.63) is 35.9 Å². The number of ether oxygens (including phenoxy) is 1. The van der Waals surface area contributed by atoms with Crippen LogP contribution < -0.4 is 0 Å². The number of aliphatic hydroxyl groups excluding tert-OH is 1. The molecule has 1 N–H and O–H groups in total. The van der Waals surface area contributed by atoms with Crippen LogP contribution in [0.2, 0.25) is 0 Å². The van der Waals surface area contributed by atoms with Crippen molar-refractivity contribution in [1.82, 2.24) is 0 Å². The van der Waals surface area contributed by atoms with Crippen LogP contribution in [-0.4, -0.2) is 17.2 Å². The Hall–Kier alpha value is -1.35. The van der Waals surface area contributed by atoms with Crippen molar-refractivity contribution >= 4 is 5.97 Å². The fourth-order valence-electron chi connectivity index (χ4n) is 1.62. The molecule has 0 amide bonds. The van der Waals surface area contributed by atoms with Gasteiger partial charge in [0.25, 0.3) is 0 Å². The molecule has 0 aliphatic carbocycles. The van der Waals surface area contributed by atoms with Gasteiger partial charge in [-0.25, -0.2) is 0 Å². The van der Waals surface area contributed by atoms with E-state index < -0.39 is 6.10 Å². The highest BCUT2D eigenvalue weighted by Crippen LogP contribution is 2.09. The van der Waals surface area contributed by atoms with Crippen LogP contribution in [0, 0.1) is 5.92 Å². The second-order valence-corrected chi connectivity index (χ2v) is 4.63. The van der Waals surface area contributed by atoms with Crippen LogP contribution in [0.25, 0.3) is 0 Å². The number of esters is 1. The van der Waals surface area contributed by atoms with Crippen molar-refractivity contribution in [2.45, 2.75) is 39.4 Å². The lowest BCUT2D eigenvalue weighted by molar-refractivity contribution is -0.147. The molecular weight excluding hydrogens is 216 g/mol. The summed E-state index contributed by atoms with van der Waals surface area (Å²) in [7, 11) is 0. The zero-order chi connectivity index (χ0) is 12.7. The summed E-state index contributed by atoms with van der Waals surface area (Å²) in [5.74, 6) is 0.0360. The third-order valence-corrected chi connectivity index (χ3v) is 2.39. The van der Waals surface area contributed by atoms with Gasteiger partial charge in [0.2, 0.25) is 0 Å². The molecule has 1 aromatic carbocycles. The van der Waals surface area contributed by atoms with Crippen LogP contribution in [0.1, 0.15) is 32.3 Å². The minimum atomic E-state index is -0.599. The topological polar surface area (TPSA) is 46.5 Å². The lowest BCUT2D eigenvalue weighted by Crippen LogP contribution is -2.17. The summed E-state index contributed by atoms with van der Waals surface area (Å²) in [6.07, 6.45) is 0.101. The molecule has 0 saturated heterocycles. The smallest absolute Gasteiger partial charge is 0.308 e. The molecule has 94 valence electrons. The van der Waals surface area contributed by atoms with Gasteiger partial charge >= 0.3 is 5.97 Å². The minimum absolute atomic E-state index is 0.0744. The highest BCUT2D eigenvalue weighted by Gasteiger charge is 2.13. The van der Waals surface area contributed by atoms with Gasteiger partial charge < -0.3 is 9.84 Å². The number of hydrogen-bond donors (Lipinski definition) is 1. The summed E-state index contributed by atoms with van der Waals surface area (Å²) >= 11 is 0. The van der Waals surface area contributed by atoms with E-state index >= 15 is 0 Å². The first-order valence-electron chi connectivity index (χ1n) is 5.95. The fraction of sp³-hybridized carbons (Fsp3) is 0.500. The van der Waals surface area contributed by atoms with Crippen molar-refractivity contribution in [2.24, 2.45) is 5.92 Å². The molecular formula is C14H20O3. The molecule has 0 spiro atoms. The van der Waals surface area contributed by atoms with E-state index in [4.69, 9.17) is 4.74 Å². The first-order valence-corrected chi connectivity index (χ1v) is 5.95. The van der Waals surface area contributed by atoms with Gasteiger partial charge in [0.1, 0.15) is 6.61 Å². The van der Waals surface area contributed by atoms with Gasteiger partial charge in [-0.1, -0.05) is 44.2 Å². The Morgan fingerprint density at radius 1 is 1.29 bits per heavy atom. The molecule has 0 aliphatic rings. The zero-order valence-electron chi connectivity index (χ0n) is 10.4. The second kappa shape index (κ2) is 7.07. The molecule has 3 heteroatoms. The number of rotatable bonds is 6. The quantitative estimate of drug-likeness (QED) is 0.772. The number of aliphatic hydroxyl groups is 1. The average molecular weight is 236 g/mol. The van der Waals surface area contributed by atoms with Crippen LogP contribution >= 0.6 is 0 Å². The SMILES string of the molecule is CC(C)CC(O)CC(=O)OCc1ccccc1. The predicted octanol–water partition coefficient (Wildman–Crippen LogP) is 2.53. The summed E-state index contributed by atoms with van der Waals surface area (Å²) in [5, 5.41) is 9.59. The van der Waals surface area contributed by atoms with Crippen LogP contribution in [-0.2, 0) is 16.1 Å². The second-order valence-electron chi connectivity index (χ2n) is 4.63. The van der Waals surface area contributed by atoms with E-state index in [1.54, 1.807) is 0 Å². The summed E-state index contributed by atoms with van der Waals surface area (Å²) in [4.78, 5) is 11.4. The van der Waals surface area contributed by atoms with E-state index in [1.165, 1.54) is 0 Å². The van der Waals surface area contributed by atoms with E-state index in [1.807, 2.05) is 44.2 Å². The van der Waals surface area contributed by atoms with E-state index in [0.29, 0.717) is 12.3 Å². The van der Waals surface area contributed by atoms with Gasteiger partial charge in [-0.3, -0.25) is 4.79 Å². The fourth-order valence-corrected chi connectivity index (χ4v) is 1.62. The Labute approximate surface area is 102 Å². The molecule has 0 radical (unpaired) electrons. The first-order chi connectivity index (χ1) is 8.08. The summed E-state index contributed by atoms with van der Waals surface area (Å²) in [5.41, 5.74) is 0.958. The van der Waals surface area contributed by atoms with Gasteiger partial charge in [-0.15, -0.1) is 0 Å². The molecule has 0 aliphatic heterocycles. The molecule has 1 aromatic rings. The highest BCUT2D eigenvalue weighted by molar-refractivity contribution is 5.69. The predicted molar refractivity (Wildman–Crippen MR) is 66.3 cm³/mol. The summed E-state index contributed by atoms with van der Waals surface area (Å²) < 4.78 is 5.08. The normalized spacial score (nSPS) is 12.5. The number of carbonyl (C=O) groups is 1. The first kappa shape index (κ1) is 13.7. The lowest BCUT2D eigenvalue weighted by atomic mass is 10.0. The largest absolute Gasteiger partial charge is 0.461 e. The molecule has 0 heterocycles. The molecule has 1 atom stereocenters. The van der Waals surface area contributed by atoms with Crippen LogP contribution in [0.4, 0.5) is 0 Å². The van der Waals surface area contributed by atoms with Gasteiger partial charge in [0.05, 0.1) is 12.5 Å². The van der Waals surface area contributed by atoms with Crippen molar-refractivity contribution in [2.75, 3.05) is 0 Å². The molecule has 17 heavy (non-hydrogen) atoms. The van der Waals surface area contributed by atoms with Gasteiger partial charge in [0.15, 0.2) is 0 Å². The Kier molecular flexibility index (Phi) is 5.70. The van der Waals surface area contributed by atoms with Crippen molar-refractivity contribution in [1.29, 1.82) is 0 Å². The Morgan fingerprint density at radius 3 is 2.53 bits per heavy atom. The number of hydrogen-bond acceptors (Lipinski definition) is 3. The summed E-state index contributed by atoms with van der Waals surface area (Å²) in [6, 6.07) is 9.51. The Morgan fingerprint density at radius 2 is 1.94 bits per heavy atom. The number of benzene rings is 1. The molecule has 1 rings (SSSR count). The monoisotopic (exact) mass is 236 g/mol. The molecule has 0 saturated carbocycles. The molecule has 0 bridgehead atoms. The van der Waals surface area contributed by atoms with Crippen LogP contribution in [0.15, 0.2) is 30.3 Å². The molecule has 3 nitrogen and oxygen atoms in total. The summed E-state index contributed by atoms with van der Waals surface area (Å²) in [6.45, 7) is 4.30. The Bertz CT molecular complexity index is 333. The van der Waals surface area contributed by atoms with Gasteiger partial charge in [0, 0.05) is 0 Å². The maximum Gasteiger partial charge on any atom is 0.308 e. The third kappa shape index (κ3) is 6.07. The van der Waals surface area contributed by atoms with Gasteiger partial charge in [-0.2, -0.15) is 0 Å². The Balaban J connectivity index is 2.26. The van der Waals surface area contributed by atoms with Gasteiger partial charge in [-0.05, 0) is 17.9 Å². The molecule has 0 aromatic heterocycles. The maximum absolute atomic E-state index is 11.4. The highest BCUT2D eigenvalue weighted by atomic mass is 16.5. The maximum atomic E-state index is 11.4. The van der Waals surface area contributed by atoms with Crippen molar-refractivity contribution in [3.63, 3.8) is 0 Å². The van der Waals surface area contributed by atoms with E-state index in [-0.39, 0.29) is 19.0 Å². The zero-order valence-corrected chi connectivity index (χ0v) is 10.4. The molecule has 0 fully saturated rings. The van der Waals surface area contributed by atoms with Crippen LogP contribution in [0.5, 0.6) is 0 Å². The minimum Gasteiger partial charge on any atom is -0.461 e. The van der Waals surface area contributed by atoms with Crippen molar-refractivity contribution < 1.29 is 14.6 Å². The van der Waals surface area contributed by atoms with E-state index in [0.717, 1.165) is 5.56 Å². The van der Waals surface area contributed by atoms with Crippen LogP contribution in [0.3, 0.4) is 0 Å². The third-order valence-electron chi connectivity index (χ3n) is 2.39. The van der Waals surface area contributed by atoms with E-state index in [2.05, 4.69) is 0 Å². The standard InChI is InChI=1S/C14H20O3/c1-11(2)8-13(15)9-14(16)17-10-12-6-4-3-5-7-12/h3-7,11,13,15H,8-10H2,1-2H3. The van der Waals surface area contributed by atoms with Crippen molar-refractivity contribution in [3.8, 4) is 0 Å². The lowest BCUT2D eigenvalue weighted by Gasteiger charge is -2.12. The average Bonchev–Trinajstić information content (AvgIpc) is 2.26. The number of carbonyl (C=O) groups excluding carboxylic acids is 1. The van der Waals surface area contributed by atoms with E-state index in [9.17, 15) is 9.90 Å².